The van der Waals surface area contributed by atoms with E-state index in [1.165, 1.54) is 0 Å². The molecule has 2 aromatic heterocycles. The van der Waals surface area contributed by atoms with Crippen LogP contribution >= 0.6 is 11.3 Å². The van der Waals surface area contributed by atoms with Crippen molar-refractivity contribution in [2.24, 2.45) is 0 Å². The van der Waals surface area contributed by atoms with E-state index in [0.29, 0.717) is 6.61 Å². The van der Waals surface area contributed by atoms with Gasteiger partial charge in [0.2, 0.25) is 0 Å². The Kier molecular flexibility index (Phi) is 3.68. The van der Waals surface area contributed by atoms with Crippen molar-refractivity contribution in [3.63, 3.8) is 0 Å². The van der Waals surface area contributed by atoms with Crippen molar-refractivity contribution < 1.29 is 14.2 Å². The summed E-state index contributed by atoms with van der Waals surface area (Å²) in [6.07, 6.45) is 1.48. The average Bonchev–Trinajstić information content (AvgIpc) is 3.12. The van der Waals surface area contributed by atoms with E-state index in [4.69, 9.17) is 14.2 Å². The fourth-order valence-electron chi connectivity index (χ4n) is 3.31. The molecule has 1 saturated heterocycles. The number of para-hydroxylation sites is 2. The molecular formula is C18H17N3O3S. The van der Waals surface area contributed by atoms with E-state index in [1.54, 1.807) is 17.7 Å². The third-order valence-electron chi connectivity index (χ3n) is 4.54. The number of ether oxygens (including phenoxy) is 3. The van der Waals surface area contributed by atoms with Gasteiger partial charge in [-0.3, -0.25) is 0 Å². The lowest BCUT2D eigenvalue weighted by Gasteiger charge is -2.30. The number of thiophene rings is 1. The molecule has 7 heteroatoms. The summed E-state index contributed by atoms with van der Waals surface area (Å²) >= 11 is 1.62. The second-order valence-corrected chi connectivity index (χ2v) is 6.89. The molecule has 0 radical (unpaired) electrons. The number of hydrogen-bond donors (Lipinski definition) is 0. The summed E-state index contributed by atoms with van der Waals surface area (Å²) in [6.45, 7) is 3.61. The molecule has 5 rings (SSSR count). The van der Waals surface area contributed by atoms with Crippen LogP contribution in [0.5, 0.6) is 11.5 Å². The lowest BCUT2D eigenvalue weighted by molar-refractivity contribution is 0.0925. The van der Waals surface area contributed by atoms with Crippen LogP contribution in [0.2, 0.25) is 0 Å². The summed E-state index contributed by atoms with van der Waals surface area (Å²) in [5.74, 6) is 2.54. The van der Waals surface area contributed by atoms with Crippen molar-refractivity contribution in [1.29, 1.82) is 0 Å². The maximum absolute atomic E-state index is 6.21. The maximum atomic E-state index is 6.21. The number of hydrogen-bond acceptors (Lipinski definition) is 7. The quantitative estimate of drug-likeness (QED) is 0.704. The Hall–Kier alpha value is -2.38. The number of fused-ring (bicyclic) bond motifs is 2. The Morgan fingerprint density at radius 3 is 2.80 bits per heavy atom. The highest BCUT2D eigenvalue weighted by molar-refractivity contribution is 7.17. The average molecular weight is 355 g/mol. The van der Waals surface area contributed by atoms with E-state index >= 15 is 0 Å². The van der Waals surface area contributed by atoms with E-state index < -0.39 is 0 Å². The van der Waals surface area contributed by atoms with Crippen molar-refractivity contribution in [3.05, 3.63) is 41.5 Å². The molecule has 0 spiro atoms. The number of nitrogens with zero attached hydrogens (tertiary/aromatic N) is 3. The molecule has 1 aromatic carbocycles. The molecule has 0 unspecified atom stereocenters. The summed E-state index contributed by atoms with van der Waals surface area (Å²) in [5, 5.41) is 3.19. The first-order chi connectivity index (χ1) is 12.4. The van der Waals surface area contributed by atoms with Crippen LogP contribution in [0.4, 0.5) is 5.82 Å². The fraction of sp³-hybridized carbons (Fsp3) is 0.333. The highest BCUT2D eigenvalue weighted by atomic mass is 32.1. The van der Waals surface area contributed by atoms with Gasteiger partial charge in [-0.2, -0.15) is 0 Å². The first-order valence-electron chi connectivity index (χ1n) is 8.33. The molecule has 1 atom stereocenters. The molecule has 128 valence electrons. The number of aromatic nitrogens is 2. The van der Waals surface area contributed by atoms with Crippen LogP contribution in [0.3, 0.4) is 0 Å². The van der Waals surface area contributed by atoms with Crippen molar-refractivity contribution in [2.75, 3.05) is 37.8 Å². The zero-order valence-electron chi connectivity index (χ0n) is 13.6. The number of anilines is 1. The molecule has 25 heavy (non-hydrogen) atoms. The number of benzene rings is 1. The highest BCUT2D eigenvalue weighted by Crippen LogP contribution is 2.41. The zero-order valence-corrected chi connectivity index (χ0v) is 14.4. The standard InChI is InChI=1S/C18H17N3O3S/c1-2-4-14-13(3-1)23-9-15(24-14)12-10-25-18-16(12)17(19-11-20-18)21-5-7-22-8-6-21/h1-4,10-11,15H,5-9H2/t15-/m1/s1. The van der Waals surface area contributed by atoms with Gasteiger partial charge in [-0.25, -0.2) is 9.97 Å². The predicted octanol–water partition coefficient (Wildman–Crippen LogP) is 3.04. The van der Waals surface area contributed by atoms with Crippen molar-refractivity contribution in [3.8, 4) is 11.5 Å². The van der Waals surface area contributed by atoms with Crippen LogP contribution < -0.4 is 14.4 Å². The first kappa shape index (κ1) is 14.9. The van der Waals surface area contributed by atoms with Gasteiger partial charge in [-0.05, 0) is 12.1 Å². The van der Waals surface area contributed by atoms with Gasteiger partial charge >= 0.3 is 0 Å². The van der Waals surface area contributed by atoms with E-state index in [2.05, 4.69) is 20.2 Å². The normalized spacial score (nSPS) is 20.0. The van der Waals surface area contributed by atoms with Gasteiger partial charge in [-0.15, -0.1) is 11.3 Å². The largest absolute Gasteiger partial charge is 0.485 e. The van der Waals surface area contributed by atoms with E-state index in [-0.39, 0.29) is 6.10 Å². The Balaban J connectivity index is 1.56. The molecule has 6 nitrogen and oxygen atoms in total. The molecule has 0 aliphatic carbocycles. The Bertz CT molecular complexity index is 907. The van der Waals surface area contributed by atoms with Crippen molar-refractivity contribution in [1.82, 2.24) is 9.97 Å². The molecule has 0 saturated carbocycles. The topological polar surface area (TPSA) is 56.7 Å². The molecule has 2 aliphatic rings. The minimum atomic E-state index is -0.158. The highest BCUT2D eigenvalue weighted by Gasteiger charge is 2.28. The molecule has 3 aromatic rings. The second kappa shape index (κ2) is 6.16. The van der Waals surface area contributed by atoms with Gasteiger partial charge in [0.1, 0.15) is 23.6 Å². The van der Waals surface area contributed by atoms with Gasteiger partial charge in [0.05, 0.1) is 18.6 Å². The Labute approximate surface area is 149 Å². The molecular weight excluding hydrogens is 338 g/mol. The summed E-state index contributed by atoms with van der Waals surface area (Å²) in [7, 11) is 0. The summed E-state index contributed by atoms with van der Waals surface area (Å²) in [6, 6.07) is 7.78. The maximum Gasteiger partial charge on any atom is 0.162 e. The molecule has 0 amide bonds. The lowest BCUT2D eigenvalue weighted by atomic mass is 10.1. The van der Waals surface area contributed by atoms with E-state index in [0.717, 1.165) is 59.4 Å². The predicted molar refractivity (Wildman–Crippen MR) is 95.8 cm³/mol. The van der Waals surface area contributed by atoms with Gasteiger partial charge in [0.15, 0.2) is 17.6 Å². The summed E-state index contributed by atoms with van der Waals surface area (Å²) in [5.41, 5.74) is 1.09. The molecule has 0 bridgehead atoms. The molecule has 1 fully saturated rings. The molecule has 4 heterocycles. The van der Waals surface area contributed by atoms with Crippen LogP contribution in [-0.4, -0.2) is 42.9 Å². The second-order valence-electron chi connectivity index (χ2n) is 6.03. The molecule has 0 N–H and O–H groups in total. The van der Waals surface area contributed by atoms with Gasteiger partial charge in [0.25, 0.3) is 0 Å². The van der Waals surface area contributed by atoms with Crippen LogP contribution in [0.1, 0.15) is 11.7 Å². The van der Waals surface area contributed by atoms with Crippen LogP contribution in [0, 0.1) is 0 Å². The minimum absolute atomic E-state index is 0.158. The Morgan fingerprint density at radius 1 is 1.08 bits per heavy atom. The number of rotatable bonds is 2. The van der Waals surface area contributed by atoms with E-state index in [9.17, 15) is 0 Å². The monoisotopic (exact) mass is 355 g/mol. The van der Waals surface area contributed by atoms with Crippen LogP contribution in [0.15, 0.2) is 36.0 Å². The fourth-order valence-corrected chi connectivity index (χ4v) is 4.25. The minimum Gasteiger partial charge on any atom is -0.485 e. The summed E-state index contributed by atoms with van der Waals surface area (Å²) in [4.78, 5) is 12.3. The van der Waals surface area contributed by atoms with Gasteiger partial charge in [0, 0.05) is 24.0 Å². The third kappa shape index (κ3) is 2.60. The SMILES string of the molecule is c1ccc2c(c1)OC[C@H](c1csc3ncnc(N4CCOCC4)c13)O2. The zero-order chi connectivity index (χ0) is 16.6. The van der Waals surface area contributed by atoms with Gasteiger partial charge in [-0.1, -0.05) is 12.1 Å². The molecule has 2 aliphatic heterocycles. The first-order valence-corrected chi connectivity index (χ1v) is 9.21. The third-order valence-corrected chi connectivity index (χ3v) is 5.45. The van der Waals surface area contributed by atoms with Crippen molar-refractivity contribution in [2.45, 2.75) is 6.10 Å². The van der Waals surface area contributed by atoms with Gasteiger partial charge < -0.3 is 19.1 Å². The Morgan fingerprint density at radius 2 is 1.92 bits per heavy atom. The smallest absolute Gasteiger partial charge is 0.162 e. The summed E-state index contributed by atoms with van der Waals surface area (Å²) < 4.78 is 17.6. The number of morpholine rings is 1. The van der Waals surface area contributed by atoms with E-state index in [1.807, 2.05) is 24.3 Å². The van der Waals surface area contributed by atoms with Crippen LogP contribution in [0.25, 0.3) is 10.2 Å². The lowest BCUT2D eigenvalue weighted by Crippen LogP contribution is -2.37. The van der Waals surface area contributed by atoms with Crippen LogP contribution in [-0.2, 0) is 4.74 Å². The van der Waals surface area contributed by atoms with Crippen molar-refractivity contribution >= 4 is 27.4 Å².